The molecule has 2 N–H and O–H groups in total. The molecule has 0 spiro atoms. The van der Waals surface area contributed by atoms with Crippen LogP contribution in [0.25, 0.3) is 0 Å². The summed E-state index contributed by atoms with van der Waals surface area (Å²) in [4.78, 5) is 2.48. The Balaban J connectivity index is 2.01. The van der Waals surface area contributed by atoms with Crippen LogP contribution >= 0.6 is 0 Å². The normalized spacial score (nSPS) is 21.6. The van der Waals surface area contributed by atoms with Crippen LogP contribution in [0, 0.1) is 0 Å². The van der Waals surface area contributed by atoms with Gasteiger partial charge in [-0.15, -0.1) is 0 Å². The number of hydrogen-bond donors (Lipinski definition) is 2. The number of phenolic OH excluding ortho intramolecular Hbond substituents is 1. The average molecular weight is 292 g/mol. The van der Waals surface area contributed by atoms with Crippen molar-refractivity contribution in [1.82, 2.24) is 10.2 Å². The number of likely N-dealkylation sites (N-methyl/N-ethyl adjacent to an activating group) is 1. The van der Waals surface area contributed by atoms with Gasteiger partial charge in [-0.05, 0) is 44.5 Å². The van der Waals surface area contributed by atoms with Crippen molar-refractivity contribution < 1.29 is 9.84 Å². The zero-order valence-electron chi connectivity index (χ0n) is 13.4. The predicted molar refractivity (Wildman–Crippen MR) is 85.7 cm³/mol. The van der Waals surface area contributed by atoms with Crippen molar-refractivity contribution in [1.29, 1.82) is 0 Å². The monoisotopic (exact) mass is 292 g/mol. The van der Waals surface area contributed by atoms with Gasteiger partial charge in [-0.1, -0.05) is 19.1 Å². The molecule has 0 saturated carbocycles. The van der Waals surface area contributed by atoms with Crippen molar-refractivity contribution in [3.63, 3.8) is 0 Å². The van der Waals surface area contributed by atoms with Crippen LogP contribution in [0.15, 0.2) is 24.3 Å². The van der Waals surface area contributed by atoms with E-state index in [1.807, 2.05) is 12.1 Å². The standard InChI is InChI=1S/C17H28N2O2/c1-4-18-16(11-14-5-7-15(20)8-6-14)17-12-19(13(2)3)9-10-21-17/h5-8,13,16-18,20H,4,9-12H2,1-3H3. The second-order valence-electron chi connectivity index (χ2n) is 6.03. The Hall–Kier alpha value is -1.10. The van der Waals surface area contributed by atoms with Crippen LogP contribution in [0.5, 0.6) is 5.75 Å². The quantitative estimate of drug-likeness (QED) is 0.842. The van der Waals surface area contributed by atoms with Crippen LogP contribution in [-0.4, -0.2) is 54.4 Å². The highest BCUT2D eigenvalue weighted by Crippen LogP contribution is 2.17. The lowest BCUT2D eigenvalue weighted by atomic mass is 9.99. The summed E-state index contributed by atoms with van der Waals surface area (Å²) in [5.41, 5.74) is 1.23. The zero-order valence-corrected chi connectivity index (χ0v) is 13.4. The van der Waals surface area contributed by atoms with Gasteiger partial charge in [-0.2, -0.15) is 0 Å². The summed E-state index contributed by atoms with van der Waals surface area (Å²) in [7, 11) is 0. The molecule has 0 bridgehead atoms. The lowest BCUT2D eigenvalue weighted by Gasteiger charge is -2.39. The SMILES string of the molecule is CCNC(Cc1ccc(O)cc1)C1CN(C(C)C)CCO1. The van der Waals surface area contributed by atoms with Gasteiger partial charge in [0.15, 0.2) is 0 Å². The van der Waals surface area contributed by atoms with E-state index < -0.39 is 0 Å². The fraction of sp³-hybridized carbons (Fsp3) is 0.647. The summed E-state index contributed by atoms with van der Waals surface area (Å²) in [5.74, 6) is 0.318. The zero-order chi connectivity index (χ0) is 15.2. The third-order valence-corrected chi connectivity index (χ3v) is 4.16. The summed E-state index contributed by atoms with van der Waals surface area (Å²) < 4.78 is 6.02. The molecule has 21 heavy (non-hydrogen) atoms. The van der Waals surface area contributed by atoms with E-state index in [1.54, 1.807) is 12.1 Å². The van der Waals surface area contributed by atoms with E-state index in [4.69, 9.17) is 4.74 Å². The summed E-state index contributed by atoms with van der Waals surface area (Å²) in [6.45, 7) is 10.4. The number of phenols is 1. The first-order valence-electron chi connectivity index (χ1n) is 7.97. The second-order valence-corrected chi connectivity index (χ2v) is 6.03. The minimum absolute atomic E-state index is 0.218. The Morgan fingerprint density at radius 1 is 1.33 bits per heavy atom. The van der Waals surface area contributed by atoms with E-state index in [1.165, 1.54) is 5.56 Å². The molecule has 0 amide bonds. The number of nitrogens with zero attached hydrogens (tertiary/aromatic N) is 1. The molecule has 4 heteroatoms. The smallest absolute Gasteiger partial charge is 0.115 e. The molecule has 1 aromatic carbocycles. The molecule has 118 valence electrons. The van der Waals surface area contributed by atoms with Crippen molar-refractivity contribution in [3.8, 4) is 5.75 Å². The molecule has 2 rings (SSSR count). The largest absolute Gasteiger partial charge is 0.508 e. The average Bonchev–Trinajstić information content (AvgIpc) is 2.49. The molecule has 0 radical (unpaired) electrons. The summed E-state index contributed by atoms with van der Waals surface area (Å²) in [6, 6.07) is 8.35. The van der Waals surface area contributed by atoms with E-state index in [2.05, 4.69) is 31.0 Å². The van der Waals surface area contributed by atoms with Crippen molar-refractivity contribution in [3.05, 3.63) is 29.8 Å². The van der Waals surface area contributed by atoms with E-state index in [-0.39, 0.29) is 6.10 Å². The van der Waals surface area contributed by atoms with Crippen LogP contribution < -0.4 is 5.32 Å². The molecular weight excluding hydrogens is 264 g/mol. The Bertz CT molecular complexity index is 419. The summed E-state index contributed by atoms with van der Waals surface area (Å²) >= 11 is 0. The maximum absolute atomic E-state index is 9.39. The first kappa shape index (κ1) is 16.3. The molecule has 1 heterocycles. The molecule has 2 atom stereocenters. The molecule has 1 fully saturated rings. The lowest BCUT2D eigenvalue weighted by molar-refractivity contribution is -0.0550. The van der Waals surface area contributed by atoms with Gasteiger partial charge < -0.3 is 15.2 Å². The number of morpholine rings is 1. The number of hydrogen-bond acceptors (Lipinski definition) is 4. The number of rotatable bonds is 6. The second kappa shape index (κ2) is 7.78. The molecule has 1 aliphatic heterocycles. The molecule has 2 unspecified atom stereocenters. The van der Waals surface area contributed by atoms with Gasteiger partial charge in [0.05, 0.1) is 12.7 Å². The molecular formula is C17H28N2O2. The van der Waals surface area contributed by atoms with Crippen LogP contribution in [0.4, 0.5) is 0 Å². The van der Waals surface area contributed by atoms with Crippen LogP contribution in [0.3, 0.4) is 0 Å². The first-order chi connectivity index (χ1) is 10.1. The van der Waals surface area contributed by atoms with Crippen molar-refractivity contribution in [2.75, 3.05) is 26.2 Å². The Morgan fingerprint density at radius 3 is 2.67 bits per heavy atom. The highest BCUT2D eigenvalue weighted by Gasteiger charge is 2.28. The van der Waals surface area contributed by atoms with Crippen LogP contribution in [-0.2, 0) is 11.2 Å². The third-order valence-electron chi connectivity index (χ3n) is 4.16. The van der Waals surface area contributed by atoms with Crippen molar-refractivity contribution in [2.45, 2.75) is 45.4 Å². The van der Waals surface area contributed by atoms with Gasteiger partial charge in [0.2, 0.25) is 0 Å². The Kier molecular flexibility index (Phi) is 6.03. The first-order valence-corrected chi connectivity index (χ1v) is 7.97. The van der Waals surface area contributed by atoms with Crippen molar-refractivity contribution in [2.24, 2.45) is 0 Å². The number of ether oxygens (including phenoxy) is 1. The molecule has 1 aromatic rings. The van der Waals surface area contributed by atoms with Crippen LogP contribution in [0.1, 0.15) is 26.3 Å². The van der Waals surface area contributed by atoms with Gasteiger partial charge >= 0.3 is 0 Å². The van der Waals surface area contributed by atoms with Gasteiger partial charge in [-0.3, -0.25) is 4.90 Å². The van der Waals surface area contributed by atoms with Gasteiger partial charge in [0.25, 0.3) is 0 Å². The third kappa shape index (κ3) is 4.70. The van der Waals surface area contributed by atoms with Gasteiger partial charge in [0, 0.05) is 25.2 Å². The van der Waals surface area contributed by atoms with E-state index in [0.29, 0.717) is 17.8 Å². The molecule has 4 nitrogen and oxygen atoms in total. The topological polar surface area (TPSA) is 44.7 Å². The molecule has 0 aromatic heterocycles. The minimum atomic E-state index is 0.218. The van der Waals surface area contributed by atoms with E-state index >= 15 is 0 Å². The number of benzene rings is 1. The van der Waals surface area contributed by atoms with E-state index in [0.717, 1.165) is 32.7 Å². The van der Waals surface area contributed by atoms with Gasteiger partial charge in [0.1, 0.15) is 5.75 Å². The summed E-state index contributed by atoms with van der Waals surface area (Å²) in [6.07, 6.45) is 1.14. The van der Waals surface area contributed by atoms with E-state index in [9.17, 15) is 5.11 Å². The van der Waals surface area contributed by atoms with Crippen LogP contribution in [0.2, 0.25) is 0 Å². The van der Waals surface area contributed by atoms with Gasteiger partial charge in [-0.25, -0.2) is 0 Å². The minimum Gasteiger partial charge on any atom is -0.508 e. The fourth-order valence-electron chi connectivity index (χ4n) is 2.89. The Morgan fingerprint density at radius 2 is 2.05 bits per heavy atom. The summed E-state index contributed by atoms with van der Waals surface area (Å²) in [5, 5.41) is 13.0. The highest BCUT2D eigenvalue weighted by atomic mass is 16.5. The maximum atomic E-state index is 9.39. The molecule has 1 saturated heterocycles. The maximum Gasteiger partial charge on any atom is 0.115 e. The highest BCUT2D eigenvalue weighted by molar-refractivity contribution is 5.26. The lowest BCUT2D eigenvalue weighted by Crippen LogP contribution is -2.54. The predicted octanol–water partition coefficient (Wildman–Crippen LogP) is 2.02. The number of aromatic hydroxyl groups is 1. The number of nitrogens with one attached hydrogen (secondary N) is 1. The molecule has 1 aliphatic rings. The molecule has 0 aliphatic carbocycles. The fourth-order valence-corrected chi connectivity index (χ4v) is 2.89. The Labute approximate surface area is 128 Å². The van der Waals surface area contributed by atoms with Crippen molar-refractivity contribution >= 4 is 0 Å².